The Hall–Kier alpha value is -0.120. The molecule has 2 unspecified atom stereocenters. The Morgan fingerprint density at radius 2 is 2.09 bits per heavy atom. The van der Waals surface area contributed by atoms with E-state index in [9.17, 15) is 5.11 Å². The van der Waals surface area contributed by atoms with E-state index in [1.807, 2.05) is 6.92 Å². The lowest BCUT2D eigenvalue weighted by Crippen LogP contribution is -2.38. The number of hydrogen-bond donors (Lipinski definition) is 3. The number of aliphatic hydroxyl groups excluding tert-OH is 1. The van der Waals surface area contributed by atoms with Crippen LogP contribution in [-0.2, 0) is 0 Å². The minimum absolute atomic E-state index is 0.0312. The second-order valence-electron chi connectivity index (χ2n) is 3.18. The lowest BCUT2D eigenvalue weighted by molar-refractivity contribution is -0.0303. The Labute approximate surface area is 68.2 Å². The molecule has 4 N–H and O–H groups in total. The Morgan fingerprint density at radius 3 is 2.36 bits per heavy atom. The van der Waals surface area contributed by atoms with E-state index >= 15 is 0 Å². The van der Waals surface area contributed by atoms with Gasteiger partial charge in [0, 0.05) is 12.5 Å². The van der Waals surface area contributed by atoms with E-state index < -0.39 is 5.60 Å². The SMILES string of the molecule is CCC(CO)C(C)(O)CCN. The summed E-state index contributed by atoms with van der Waals surface area (Å²) in [5.74, 6) is -0.0500. The van der Waals surface area contributed by atoms with Crippen LogP contribution in [0, 0.1) is 5.92 Å². The summed E-state index contributed by atoms with van der Waals surface area (Å²) in [7, 11) is 0. The molecule has 0 aromatic heterocycles. The van der Waals surface area contributed by atoms with E-state index in [-0.39, 0.29) is 12.5 Å². The van der Waals surface area contributed by atoms with E-state index in [4.69, 9.17) is 10.8 Å². The Balaban J connectivity index is 4.00. The summed E-state index contributed by atoms with van der Waals surface area (Å²) < 4.78 is 0. The average molecular weight is 161 g/mol. The molecule has 0 fully saturated rings. The van der Waals surface area contributed by atoms with Crippen LogP contribution in [0.15, 0.2) is 0 Å². The highest BCUT2D eigenvalue weighted by atomic mass is 16.3. The standard InChI is InChI=1S/C8H19NO2/c1-3-7(6-10)8(2,11)4-5-9/h7,10-11H,3-6,9H2,1-2H3. The van der Waals surface area contributed by atoms with Gasteiger partial charge in [0.05, 0.1) is 5.60 Å². The normalized spacial score (nSPS) is 19.4. The quantitative estimate of drug-likeness (QED) is 0.536. The molecule has 0 aromatic carbocycles. The van der Waals surface area contributed by atoms with Crippen molar-refractivity contribution in [1.82, 2.24) is 0 Å². The number of aliphatic hydroxyl groups is 2. The van der Waals surface area contributed by atoms with Gasteiger partial charge in [0.25, 0.3) is 0 Å². The molecule has 0 saturated carbocycles. The van der Waals surface area contributed by atoms with Crippen LogP contribution in [0.25, 0.3) is 0 Å². The predicted molar refractivity (Wildman–Crippen MR) is 45.2 cm³/mol. The predicted octanol–water partition coefficient (Wildman–Crippen LogP) is 0.105. The van der Waals surface area contributed by atoms with Crippen molar-refractivity contribution in [2.24, 2.45) is 11.7 Å². The first kappa shape index (κ1) is 10.9. The van der Waals surface area contributed by atoms with Gasteiger partial charge in [-0.3, -0.25) is 0 Å². The molecule has 2 atom stereocenters. The van der Waals surface area contributed by atoms with Gasteiger partial charge in [-0.2, -0.15) is 0 Å². The zero-order valence-corrected chi connectivity index (χ0v) is 7.38. The highest BCUT2D eigenvalue weighted by Gasteiger charge is 2.28. The summed E-state index contributed by atoms with van der Waals surface area (Å²) in [6.45, 7) is 4.17. The van der Waals surface area contributed by atoms with Crippen molar-refractivity contribution in [2.45, 2.75) is 32.3 Å². The molecule has 0 radical (unpaired) electrons. The van der Waals surface area contributed by atoms with E-state index in [0.717, 1.165) is 6.42 Å². The van der Waals surface area contributed by atoms with Gasteiger partial charge in [0.15, 0.2) is 0 Å². The highest BCUT2D eigenvalue weighted by molar-refractivity contribution is 4.80. The van der Waals surface area contributed by atoms with Crippen molar-refractivity contribution in [3.05, 3.63) is 0 Å². The molecule has 3 nitrogen and oxygen atoms in total. The Kier molecular flexibility index (Phi) is 4.65. The molecule has 0 bridgehead atoms. The zero-order valence-electron chi connectivity index (χ0n) is 7.38. The third-order valence-corrected chi connectivity index (χ3v) is 2.24. The Morgan fingerprint density at radius 1 is 1.55 bits per heavy atom. The van der Waals surface area contributed by atoms with Crippen LogP contribution >= 0.6 is 0 Å². The van der Waals surface area contributed by atoms with Crippen molar-refractivity contribution < 1.29 is 10.2 Å². The van der Waals surface area contributed by atoms with E-state index in [1.54, 1.807) is 6.92 Å². The Bertz CT molecular complexity index is 100. The van der Waals surface area contributed by atoms with E-state index in [2.05, 4.69) is 0 Å². The van der Waals surface area contributed by atoms with Gasteiger partial charge >= 0.3 is 0 Å². The van der Waals surface area contributed by atoms with Gasteiger partial charge < -0.3 is 15.9 Å². The van der Waals surface area contributed by atoms with Crippen LogP contribution in [0.2, 0.25) is 0 Å². The first-order valence-electron chi connectivity index (χ1n) is 4.11. The van der Waals surface area contributed by atoms with Gasteiger partial charge in [-0.1, -0.05) is 6.92 Å². The summed E-state index contributed by atoms with van der Waals surface area (Å²) in [4.78, 5) is 0. The maximum absolute atomic E-state index is 9.73. The van der Waals surface area contributed by atoms with Crippen LogP contribution < -0.4 is 5.73 Å². The molecule has 11 heavy (non-hydrogen) atoms. The minimum Gasteiger partial charge on any atom is -0.396 e. The van der Waals surface area contributed by atoms with Gasteiger partial charge in [0.1, 0.15) is 0 Å². The molecule has 0 aliphatic heterocycles. The van der Waals surface area contributed by atoms with Gasteiger partial charge in [-0.05, 0) is 26.3 Å². The second-order valence-corrected chi connectivity index (χ2v) is 3.18. The van der Waals surface area contributed by atoms with Crippen molar-refractivity contribution in [1.29, 1.82) is 0 Å². The number of rotatable bonds is 5. The molecule has 0 saturated heterocycles. The fourth-order valence-corrected chi connectivity index (χ4v) is 1.26. The molecule has 0 aromatic rings. The molecule has 3 heteroatoms. The van der Waals surface area contributed by atoms with E-state index in [1.165, 1.54) is 0 Å². The molecule has 0 spiro atoms. The summed E-state index contributed by atoms with van der Waals surface area (Å²) >= 11 is 0. The van der Waals surface area contributed by atoms with Crippen LogP contribution in [-0.4, -0.2) is 29.0 Å². The fraction of sp³-hybridized carbons (Fsp3) is 1.00. The van der Waals surface area contributed by atoms with Crippen LogP contribution in [0.1, 0.15) is 26.7 Å². The third kappa shape index (κ3) is 3.18. The van der Waals surface area contributed by atoms with Crippen molar-refractivity contribution in [3.8, 4) is 0 Å². The number of nitrogens with two attached hydrogens (primary N) is 1. The smallest absolute Gasteiger partial charge is 0.0681 e. The molecule has 68 valence electrons. The lowest BCUT2D eigenvalue weighted by Gasteiger charge is -2.30. The highest BCUT2D eigenvalue weighted by Crippen LogP contribution is 2.22. The average Bonchev–Trinajstić information content (AvgIpc) is 1.89. The van der Waals surface area contributed by atoms with Gasteiger partial charge in [-0.15, -0.1) is 0 Å². The molecule has 0 heterocycles. The number of hydrogen-bond acceptors (Lipinski definition) is 3. The summed E-state index contributed by atoms with van der Waals surface area (Å²) in [6.07, 6.45) is 1.33. The monoisotopic (exact) mass is 161 g/mol. The van der Waals surface area contributed by atoms with E-state index in [0.29, 0.717) is 13.0 Å². The molecule has 0 aliphatic rings. The van der Waals surface area contributed by atoms with Crippen molar-refractivity contribution in [2.75, 3.05) is 13.2 Å². The first-order valence-corrected chi connectivity index (χ1v) is 4.11. The van der Waals surface area contributed by atoms with Crippen LogP contribution in [0.4, 0.5) is 0 Å². The second kappa shape index (κ2) is 4.70. The largest absolute Gasteiger partial charge is 0.396 e. The van der Waals surface area contributed by atoms with Crippen molar-refractivity contribution >= 4 is 0 Å². The maximum Gasteiger partial charge on any atom is 0.0681 e. The third-order valence-electron chi connectivity index (χ3n) is 2.24. The maximum atomic E-state index is 9.73. The van der Waals surface area contributed by atoms with Gasteiger partial charge in [0.2, 0.25) is 0 Å². The van der Waals surface area contributed by atoms with Crippen molar-refractivity contribution in [3.63, 3.8) is 0 Å². The summed E-state index contributed by atoms with van der Waals surface area (Å²) in [5.41, 5.74) is 4.51. The van der Waals surface area contributed by atoms with Crippen LogP contribution in [0.3, 0.4) is 0 Å². The molecule has 0 aliphatic carbocycles. The zero-order chi connectivity index (χ0) is 8.91. The lowest BCUT2D eigenvalue weighted by atomic mass is 9.85. The summed E-state index contributed by atoms with van der Waals surface area (Å²) in [6, 6.07) is 0. The van der Waals surface area contributed by atoms with Gasteiger partial charge in [-0.25, -0.2) is 0 Å². The fourth-order valence-electron chi connectivity index (χ4n) is 1.26. The molecule has 0 amide bonds. The summed E-state index contributed by atoms with van der Waals surface area (Å²) in [5, 5.41) is 18.6. The minimum atomic E-state index is -0.807. The topological polar surface area (TPSA) is 66.5 Å². The van der Waals surface area contributed by atoms with Crippen LogP contribution in [0.5, 0.6) is 0 Å². The first-order chi connectivity index (χ1) is 5.08. The molecular formula is C8H19NO2. The molecule has 0 rings (SSSR count). The molecular weight excluding hydrogens is 142 g/mol.